The zero-order valence-corrected chi connectivity index (χ0v) is 12.1. The minimum atomic E-state index is -0.475. The molecular weight excluding hydrogens is 276 g/mol. The van der Waals surface area contributed by atoms with E-state index in [1.807, 2.05) is 31.2 Å². The van der Waals surface area contributed by atoms with Crippen molar-refractivity contribution in [2.24, 2.45) is 0 Å². The first-order valence-corrected chi connectivity index (χ1v) is 6.70. The van der Waals surface area contributed by atoms with Gasteiger partial charge in [0.15, 0.2) is 0 Å². The molecule has 0 amide bonds. The lowest BCUT2D eigenvalue weighted by Gasteiger charge is -2.03. The number of hydrogen-bond acceptors (Lipinski definition) is 4. The number of benzene rings is 1. The van der Waals surface area contributed by atoms with Crippen molar-refractivity contribution < 1.29 is 9.53 Å². The van der Waals surface area contributed by atoms with Crippen molar-refractivity contribution in [2.45, 2.75) is 6.92 Å². The van der Waals surface area contributed by atoms with Gasteiger partial charge < -0.3 is 4.74 Å². The van der Waals surface area contributed by atoms with Gasteiger partial charge in [0.2, 0.25) is 5.88 Å². The van der Waals surface area contributed by atoms with Crippen molar-refractivity contribution >= 4 is 5.97 Å². The molecule has 2 rings (SSSR count). The molecule has 0 radical (unpaired) electrons. The van der Waals surface area contributed by atoms with E-state index >= 15 is 0 Å². The van der Waals surface area contributed by atoms with Crippen LogP contribution in [-0.4, -0.2) is 11.0 Å². The van der Waals surface area contributed by atoms with Crippen LogP contribution in [0.2, 0.25) is 0 Å². The molecule has 108 valence electrons. The summed E-state index contributed by atoms with van der Waals surface area (Å²) in [4.78, 5) is 15.6. The Morgan fingerprint density at radius 2 is 1.86 bits per heavy atom. The number of nitriles is 1. The zero-order valence-electron chi connectivity index (χ0n) is 12.1. The smallest absolute Gasteiger partial charge is 0.337 e. The molecule has 0 aliphatic rings. The molecule has 0 N–H and O–H groups in total. The van der Waals surface area contributed by atoms with E-state index in [2.05, 4.69) is 11.1 Å². The molecule has 1 aromatic carbocycles. The Bertz CT molecular complexity index is 736. The number of rotatable bonds is 4. The fourth-order valence-corrected chi connectivity index (χ4v) is 1.73. The summed E-state index contributed by atoms with van der Waals surface area (Å²) in [6, 6.07) is 12.7. The van der Waals surface area contributed by atoms with Crippen LogP contribution in [0.25, 0.3) is 11.1 Å². The minimum absolute atomic E-state index is 0.243. The van der Waals surface area contributed by atoms with E-state index < -0.39 is 5.97 Å². The average Bonchev–Trinajstić information content (AvgIpc) is 2.56. The van der Waals surface area contributed by atoms with Gasteiger partial charge in [-0.1, -0.05) is 30.4 Å². The number of allylic oxidation sites excluding steroid dienone is 3. The summed E-state index contributed by atoms with van der Waals surface area (Å²) in [5.74, 6) is -0.232. The van der Waals surface area contributed by atoms with Crippen LogP contribution in [-0.2, 0) is 4.79 Å². The second-order valence-corrected chi connectivity index (χ2v) is 4.38. The Morgan fingerprint density at radius 3 is 2.45 bits per heavy atom. The van der Waals surface area contributed by atoms with Crippen molar-refractivity contribution in [1.29, 1.82) is 5.26 Å². The molecule has 1 aromatic heterocycles. The number of ether oxygens (including phenoxy) is 1. The van der Waals surface area contributed by atoms with Crippen LogP contribution in [0.5, 0.6) is 5.88 Å². The van der Waals surface area contributed by atoms with Gasteiger partial charge in [0.25, 0.3) is 0 Å². The van der Waals surface area contributed by atoms with E-state index in [1.165, 1.54) is 6.08 Å². The summed E-state index contributed by atoms with van der Waals surface area (Å²) in [6.45, 7) is 1.86. The molecule has 0 spiro atoms. The minimum Gasteiger partial charge on any atom is -0.404 e. The number of carbonyl (C=O) groups is 1. The third-order valence-corrected chi connectivity index (χ3v) is 2.82. The Morgan fingerprint density at radius 1 is 1.14 bits per heavy atom. The molecule has 0 fully saturated rings. The Hall–Kier alpha value is -3.19. The molecule has 0 saturated heterocycles. The summed E-state index contributed by atoms with van der Waals surface area (Å²) in [5.41, 5.74) is 2.43. The fraction of sp³-hybridized carbons (Fsp3) is 0.0556. The predicted molar refractivity (Wildman–Crippen MR) is 84.0 cm³/mol. The second-order valence-electron chi connectivity index (χ2n) is 4.38. The SMILES string of the molecule is CC=CC=CC(=O)Oc1ccc(-c2ccc(C#N)cc2)cn1. The molecule has 4 heteroatoms. The highest BCUT2D eigenvalue weighted by molar-refractivity contribution is 5.84. The fourth-order valence-electron chi connectivity index (χ4n) is 1.73. The summed E-state index contributed by atoms with van der Waals surface area (Å²) in [5, 5.41) is 8.78. The first-order chi connectivity index (χ1) is 10.7. The molecule has 0 unspecified atom stereocenters. The Kier molecular flexibility index (Phi) is 5.22. The van der Waals surface area contributed by atoms with Gasteiger partial charge in [-0.15, -0.1) is 0 Å². The lowest BCUT2D eigenvalue weighted by molar-refractivity contribution is -0.129. The molecule has 4 nitrogen and oxygen atoms in total. The third-order valence-electron chi connectivity index (χ3n) is 2.82. The second kappa shape index (κ2) is 7.55. The number of pyridine rings is 1. The van der Waals surface area contributed by atoms with Gasteiger partial charge in [-0.2, -0.15) is 5.26 Å². The molecule has 1 heterocycles. The van der Waals surface area contributed by atoms with E-state index in [1.54, 1.807) is 36.5 Å². The number of esters is 1. The first kappa shape index (κ1) is 15.2. The van der Waals surface area contributed by atoms with E-state index in [-0.39, 0.29) is 5.88 Å². The van der Waals surface area contributed by atoms with Crippen LogP contribution in [0.1, 0.15) is 12.5 Å². The molecular formula is C18H14N2O2. The predicted octanol–water partition coefficient (Wildman–Crippen LogP) is 3.66. The lowest BCUT2D eigenvalue weighted by atomic mass is 10.1. The lowest BCUT2D eigenvalue weighted by Crippen LogP contribution is -2.04. The summed E-state index contributed by atoms with van der Waals surface area (Å²) in [7, 11) is 0. The van der Waals surface area contributed by atoms with E-state index in [4.69, 9.17) is 10.00 Å². The third kappa shape index (κ3) is 4.15. The van der Waals surface area contributed by atoms with Crippen LogP contribution in [0, 0.1) is 11.3 Å². The molecule has 22 heavy (non-hydrogen) atoms. The van der Waals surface area contributed by atoms with Crippen molar-refractivity contribution in [1.82, 2.24) is 4.98 Å². The van der Waals surface area contributed by atoms with Crippen molar-refractivity contribution in [3.8, 4) is 23.1 Å². The van der Waals surface area contributed by atoms with Gasteiger partial charge in [-0.05, 0) is 30.7 Å². The van der Waals surface area contributed by atoms with Gasteiger partial charge in [0.05, 0.1) is 11.6 Å². The van der Waals surface area contributed by atoms with E-state index in [9.17, 15) is 4.79 Å². The van der Waals surface area contributed by atoms with Gasteiger partial charge >= 0.3 is 5.97 Å². The van der Waals surface area contributed by atoms with Crippen molar-refractivity contribution in [3.63, 3.8) is 0 Å². The quantitative estimate of drug-likeness (QED) is 0.490. The van der Waals surface area contributed by atoms with Crippen molar-refractivity contribution in [2.75, 3.05) is 0 Å². The first-order valence-electron chi connectivity index (χ1n) is 6.70. The summed E-state index contributed by atoms with van der Waals surface area (Å²) < 4.78 is 5.07. The monoisotopic (exact) mass is 290 g/mol. The van der Waals surface area contributed by atoms with Gasteiger partial charge in [-0.25, -0.2) is 9.78 Å². The van der Waals surface area contributed by atoms with Gasteiger partial charge in [0, 0.05) is 23.9 Å². The normalized spacial score (nSPS) is 10.7. The highest BCUT2D eigenvalue weighted by Gasteiger charge is 2.03. The van der Waals surface area contributed by atoms with Crippen LogP contribution in [0.15, 0.2) is 66.9 Å². The summed E-state index contributed by atoms with van der Waals surface area (Å²) >= 11 is 0. The maximum Gasteiger partial charge on any atom is 0.337 e. The molecule has 0 aliphatic heterocycles. The number of carbonyl (C=O) groups excluding carboxylic acids is 1. The Balaban J connectivity index is 2.06. The van der Waals surface area contributed by atoms with Gasteiger partial charge in [-0.3, -0.25) is 0 Å². The van der Waals surface area contributed by atoms with E-state index in [0.29, 0.717) is 5.56 Å². The van der Waals surface area contributed by atoms with Crippen molar-refractivity contribution in [3.05, 3.63) is 72.5 Å². The largest absolute Gasteiger partial charge is 0.404 e. The number of nitrogens with zero attached hydrogens (tertiary/aromatic N) is 2. The summed E-state index contributed by atoms with van der Waals surface area (Å²) in [6.07, 6.45) is 8.11. The van der Waals surface area contributed by atoms with Crippen LogP contribution in [0.4, 0.5) is 0 Å². The molecule has 2 aromatic rings. The molecule has 0 bridgehead atoms. The van der Waals surface area contributed by atoms with Crippen LogP contribution >= 0.6 is 0 Å². The maximum atomic E-state index is 11.5. The number of hydrogen-bond donors (Lipinski definition) is 0. The number of aromatic nitrogens is 1. The maximum absolute atomic E-state index is 11.5. The highest BCUT2D eigenvalue weighted by Crippen LogP contribution is 2.20. The average molecular weight is 290 g/mol. The van der Waals surface area contributed by atoms with Crippen LogP contribution < -0.4 is 4.74 Å². The van der Waals surface area contributed by atoms with Crippen LogP contribution in [0.3, 0.4) is 0 Å². The Labute approximate surface area is 129 Å². The topological polar surface area (TPSA) is 63.0 Å². The standard InChI is InChI=1S/C18H14N2O2/c1-2-3-4-5-18(21)22-17-11-10-16(13-20-17)15-8-6-14(12-19)7-9-15/h2-11,13H,1H3. The molecule has 0 atom stereocenters. The highest BCUT2D eigenvalue weighted by atomic mass is 16.5. The van der Waals surface area contributed by atoms with E-state index in [0.717, 1.165) is 11.1 Å². The van der Waals surface area contributed by atoms with Gasteiger partial charge in [0.1, 0.15) is 0 Å². The zero-order chi connectivity index (χ0) is 15.8. The molecule has 0 aliphatic carbocycles. The molecule has 0 saturated carbocycles.